The van der Waals surface area contributed by atoms with E-state index < -0.39 is 10.0 Å². The Morgan fingerprint density at radius 2 is 2.28 bits per heavy atom. The average Bonchev–Trinajstić information content (AvgIpc) is 2.77. The van der Waals surface area contributed by atoms with Crippen molar-refractivity contribution in [3.8, 4) is 0 Å². The molecule has 1 aliphatic heterocycles. The maximum Gasteiger partial charge on any atom is 0.208 e. The zero-order valence-corrected chi connectivity index (χ0v) is 11.5. The quantitative estimate of drug-likeness (QED) is 0.315. The predicted molar refractivity (Wildman–Crippen MR) is 70.9 cm³/mol. The van der Waals surface area contributed by atoms with Crippen LogP contribution in [0, 0.1) is 0 Å². The molecule has 1 rings (SSSR count). The number of nitrogens with two attached hydrogens (primary N) is 1. The first-order valence-corrected chi connectivity index (χ1v) is 7.96. The van der Waals surface area contributed by atoms with Crippen LogP contribution in [0.3, 0.4) is 0 Å². The zero-order valence-electron chi connectivity index (χ0n) is 10.7. The monoisotopic (exact) mass is 278 g/mol. The second-order valence-corrected chi connectivity index (χ2v) is 6.14. The smallest absolute Gasteiger partial charge is 0.208 e. The average molecular weight is 278 g/mol. The highest BCUT2D eigenvalue weighted by Gasteiger charge is 2.14. The number of aliphatic imine (C=N–C) groups is 1. The first kappa shape index (κ1) is 15.2. The Morgan fingerprint density at radius 1 is 1.50 bits per heavy atom. The molecule has 0 radical (unpaired) electrons. The molecule has 0 aromatic carbocycles. The molecule has 4 N–H and O–H groups in total. The van der Waals surface area contributed by atoms with Gasteiger partial charge in [-0.1, -0.05) is 0 Å². The number of hydrogen-bond donors (Lipinski definition) is 3. The van der Waals surface area contributed by atoms with Crippen LogP contribution in [0.15, 0.2) is 4.99 Å². The molecule has 1 heterocycles. The van der Waals surface area contributed by atoms with Crippen molar-refractivity contribution in [1.82, 2.24) is 10.0 Å². The van der Waals surface area contributed by atoms with Crippen LogP contribution in [-0.4, -0.2) is 53.0 Å². The second-order valence-electron chi connectivity index (χ2n) is 4.31. The molecule has 1 aliphatic rings. The van der Waals surface area contributed by atoms with Crippen LogP contribution < -0.4 is 15.8 Å². The Balaban J connectivity index is 2.05. The van der Waals surface area contributed by atoms with Crippen molar-refractivity contribution in [2.75, 3.05) is 32.5 Å². The fraction of sp³-hybridized carbons (Fsp3) is 0.900. The van der Waals surface area contributed by atoms with E-state index in [1.54, 1.807) is 0 Å². The van der Waals surface area contributed by atoms with Crippen molar-refractivity contribution < 1.29 is 13.2 Å². The third-order valence-corrected chi connectivity index (χ3v) is 3.24. The van der Waals surface area contributed by atoms with Gasteiger partial charge in [-0.2, -0.15) is 0 Å². The summed E-state index contributed by atoms with van der Waals surface area (Å²) in [5, 5.41) is 2.93. The van der Waals surface area contributed by atoms with Gasteiger partial charge in [-0.15, -0.1) is 0 Å². The molecule has 0 aromatic heterocycles. The van der Waals surface area contributed by atoms with E-state index in [9.17, 15) is 8.42 Å². The SMILES string of the molecule is CS(=O)(=O)NCCCNC(N)=NCC1CCCO1. The summed E-state index contributed by atoms with van der Waals surface area (Å²) in [5.74, 6) is 0.379. The first-order chi connectivity index (χ1) is 8.47. The lowest BCUT2D eigenvalue weighted by molar-refractivity contribution is 0.118. The number of rotatable bonds is 7. The van der Waals surface area contributed by atoms with E-state index in [1.807, 2.05) is 0 Å². The van der Waals surface area contributed by atoms with Gasteiger partial charge in [0.05, 0.1) is 18.9 Å². The van der Waals surface area contributed by atoms with Crippen LogP contribution in [0.1, 0.15) is 19.3 Å². The summed E-state index contributed by atoms with van der Waals surface area (Å²) >= 11 is 0. The minimum absolute atomic E-state index is 0.192. The molecule has 0 saturated carbocycles. The van der Waals surface area contributed by atoms with Crippen molar-refractivity contribution in [2.24, 2.45) is 10.7 Å². The molecule has 0 aliphatic carbocycles. The van der Waals surface area contributed by atoms with Gasteiger partial charge in [-0.05, 0) is 19.3 Å². The molecular weight excluding hydrogens is 256 g/mol. The van der Waals surface area contributed by atoms with Crippen molar-refractivity contribution in [1.29, 1.82) is 0 Å². The maximum absolute atomic E-state index is 10.8. The number of nitrogens with one attached hydrogen (secondary N) is 2. The predicted octanol–water partition coefficient (Wildman–Crippen LogP) is -0.991. The first-order valence-electron chi connectivity index (χ1n) is 6.07. The highest BCUT2D eigenvalue weighted by Crippen LogP contribution is 2.11. The van der Waals surface area contributed by atoms with Crippen molar-refractivity contribution in [3.63, 3.8) is 0 Å². The van der Waals surface area contributed by atoms with Crippen molar-refractivity contribution >= 4 is 16.0 Å². The molecule has 1 fully saturated rings. The summed E-state index contributed by atoms with van der Waals surface area (Å²) in [5.41, 5.74) is 5.66. The lowest BCUT2D eigenvalue weighted by atomic mass is 10.2. The van der Waals surface area contributed by atoms with Crippen molar-refractivity contribution in [3.05, 3.63) is 0 Å². The zero-order chi connectivity index (χ0) is 13.4. The van der Waals surface area contributed by atoms with E-state index >= 15 is 0 Å². The van der Waals surface area contributed by atoms with Gasteiger partial charge in [-0.3, -0.25) is 4.99 Å². The molecule has 1 saturated heterocycles. The lowest BCUT2D eigenvalue weighted by Crippen LogP contribution is -2.35. The lowest BCUT2D eigenvalue weighted by Gasteiger charge is -2.08. The van der Waals surface area contributed by atoms with E-state index in [4.69, 9.17) is 10.5 Å². The van der Waals surface area contributed by atoms with Crippen molar-refractivity contribution in [2.45, 2.75) is 25.4 Å². The van der Waals surface area contributed by atoms with E-state index in [-0.39, 0.29) is 6.10 Å². The highest BCUT2D eigenvalue weighted by atomic mass is 32.2. The van der Waals surface area contributed by atoms with E-state index in [1.165, 1.54) is 0 Å². The molecule has 0 amide bonds. The van der Waals surface area contributed by atoms with Gasteiger partial charge in [0.1, 0.15) is 0 Å². The van der Waals surface area contributed by atoms with Gasteiger partial charge < -0.3 is 15.8 Å². The third-order valence-electron chi connectivity index (χ3n) is 2.51. The van der Waals surface area contributed by atoms with Crippen LogP contribution >= 0.6 is 0 Å². The Kier molecular flexibility index (Phi) is 6.37. The normalized spacial score (nSPS) is 21.2. The Bertz CT molecular complexity index is 363. The Morgan fingerprint density at radius 3 is 2.89 bits per heavy atom. The van der Waals surface area contributed by atoms with E-state index in [2.05, 4.69) is 15.0 Å². The molecule has 8 heteroatoms. The number of guanidine groups is 1. The van der Waals surface area contributed by atoms with Gasteiger partial charge >= 0.3 is 0 Å². The summed E-state index contributed by atoms with van der Waals surface area (Å²) in [7, 11) is -3.10. The molecule has 18 heavy (non-hydrogen) atoms. The summed E-state index contributed by atoms with van der Waals surface area (Å²) in [4.78, 5) is 4.17. The highest BCUT2D eigenvalue weighted by molar-refractivity contribution is 7.88. The molecule has 7 nitrogen and oxygen atoms in total. The van der Waals surface area contributed by atoms with Crippen LogP contribution in [0.4, 0.5) is 0 Å². The Hall–Kier alpha value is -0.860. The number of hydrogen-bond acceptors (Lipinski definition) is 4. The summed E-state index contributed by atoms with van der Waals surface area (Å²) in [6.07, 6.45) is 4.11. The van der Waals surface area contributed by atoms with Crippen LogP contribution in [0.5, 0.6) is 0 Å². The summed E-state index contributed by atoms with van der Waals surface area (Å²) in [6, 6.07) is 0. The maximum atomic E-state index is 10.8. The van der Waals surface area contributed by atoms with Crippen LogP contribution in [0.25, 0.3) is 0 Å². The van der Waals surface area contributed by atoms with Crippen LogP contribution in [-0.2, 0) is 14.8 Å². The third kappa shape index (κ3) is 7.46. The minimum Gasteiger partial charge on any atom is -0.376 e. The molecule has 0 spiro atoms. The second kappa shape index (κ2) is 7.55. The van der Waals surface area contributed by atoms with Gasteiger partial charge in [0.25, 0.3) is 0 Å². The van der Waals surface area contributed by atoms with Gasteiger partial charge in [0, 0.05) is 19.7 Å². The fourth-order valence-electron chi connectivity index (χ4n) is 1.61. The topological polar surface area (TPSA) is 106 Å². The molecule has 106 valence electrons. The van der Waals surface area contributed by atoms with E-state index in [0.29, 0.717) is 32.0 Å². The number of nitrogens with zero attached hydrogens (tertiary/aromatic N) is 1. The largest absolute Gasteiger partial charge is 0.376 e. The van der Waals surface area contributed by atoms with Gasteiger partial charge in [-0.25, -0.2) is 13.1 Å². The minimum atomic E-state index is -3.10. The summed E-state index contributed by atoms with van der Waals surface area (Å²) in [6.45, 7) is 2.37. The van der Waals surface area contributed by atoms with Gasteiger partial charge in [0.2, 0.25) is 10.0 Å². The molecule has 1 atom stereocenters. The molecule has 1 unspecified atom stereocenters. The number of sulfonamides is 1. The standard InChI is InChI=1S/C10H22N4O3S/c1-18(15,16)14-6-3-5-12-10(11)13-8-9-4-2-7-17-9/h9,14H,2-8H2,1H3,(H3,11,12,13). The molecular formula is C10H22N4O3S. The molecule has 0 bridgehead atoms. The summed E-state index contributed by atoms with van der Waals surface area (Å²) < 4.78 is 29.4. The fourth-order valence-corrected chi connectivity index (χ4v) is 2.12. The Labute approximate surface area is 108 Å². The molecule has 0 aromatic rings. The number of ether oxygens (including phenoxy) is 1. The van der Waals surface area contributed by atoms with Crippen LogP contribution in [0.2, 0.25) is 0 Å². The van der Waals surface area contributed by atoms with E-state index in [0.717, 1.165) is 25.7 Å². The van der Waals surface area contributed by atoms with Gasteiger partial charge in [0.15, 0.2) is 5.96 Å².